The quantitative estimate of drug-likeness (QED) is 0.300. The highest BCUT2D eigenvalue weighted by Crippen LogP contribution is 2.19. The summed E-state index contributed by atoms with van der Waals surface area (Å²) < 4.78 is 41.8. The maximum Gasteiger partial charge on any atom is 0.401 e. The molecule has 2 N–H and O–H groups in total. The van der Waals surface area contributed by atoms with E-state index in [1.54, 1.807) is 0 Å². The van der Waals surface area contributed by atoms with Crippen molar-refractivity contribution in [2.75, 3.05) is 39.8 Å². The van der Waals surface area contributed by atoms with Crippen LogP contribution in [0.4, 0.5) is 13.2 Å². The average molecular weight is 352 g/mol. The van der Waals surface area contributed by atoms with E-state index in [4.69, 9.17) is 0 Å². The number of carbonyl (C=O) groups excluding carboxylic acids is 1. The minimum Gasteiger partial charge on any atom is -0.469 e. The van der Waals surface area contributed by atoms with Gasteiger partial charge in [0.15, 0.2) is 5.96 Å². The lowest BCUT2D eigenvalue weighted by molar-refractivity contribution is -0.143. The number of ether oxygens (including phenoxy) is 1. The van der Waals surface area contributed by atoms with Gasteiger partial charge in [0.1, 0.15) is 0 Å². The molecule has 9 heteroatoms. The predicted molar refractivity (Wildman–Crippen MR) is 85.9 cm³/mol. The van der Waals surface area contributed by atoms with Crippen LogP contribution in [0.25, 0.3) is 0 Å². The number of nitrogens with zero attached hydrogens (tertiary/aromatic N) is 2. The first-order valence-corrected chi connectivity index (χ1v) is 8.24. The van der Waals surface area contributed by atoms with Crippen molar-refractivity contribution in [2.24, 2.45) is 4.99 Å². The van der Waals surface area contributed by atoms with E-state index in [-0.39, 0.29) is 12.0 Å². The highest BCUT2D eigenvalue weighted by Gasteiger charge is 2.34. The van der Waals surface area contributed by atoms with Crippen LogP contribution in [0.2, 0.25) is 0 Å². The number of likely N-dealkylation sites (tertiary alicyclic amines) is 1. The van der Waals surface area contributed by atoms with E-state index in [0.29, 0.717) is 51.4 Å². The largest absolute Gasteiger partial charge is 0.469 e. The SMILES string of the molecule is CCNC(=NCCCCC(=O)OC)NC1CCN(CC(F)(F)F)C1. The van der Waals surface area contributed by atoms with Crippen molar-refractivity contribution in [2.45, 2.75) is 44.8 Å². The molecular weight excluding hydrogens is 325 g/mol. The zero-order valence-corrected chi connectivity index (χ0v) is 14.3. The Morgan fingerprint density at radius 3 is 2.75 bits per heavy atom. The van der Waals surface area contributed by atoms with E-state index in [9.17, 15) is 18.0 Å². The Hall–Kier alpha value is -1.51. The van der Waals surface area contributed by atoms with Gasteiger partial charge in [0, 0.05) is 38.6 Å². The van der Waals surface area contributed by atoms with Gasteiger partial charge in [-0.25, -0.2) is 0 Å². The minimum absolute atomic E-state index is 0.0415. The molecule has 0 aromatic heterocycles. The lowest BCUT2D eigenvalue weighted by Crippen LogP contribution is -2.45. The van der Waals surface area contributed by atoms with Crippen molar-refractivity contribution >= 4 is 11.9 Å². The normalized spacial score (nSPS) is 19.4. The summed E-state index contributed by atoms with van der Waals surface area (Å²) in [6.07, 6.45) is -1.70. The number of hydrogen-bond donors (Lipinski definition) is 2. The van der Waals surface area contributed by atoms with Crippen LogP contribution < -0.4 is 10.6 Å². The monoisotopic (exact) mass is 352 g/mol. The van der Waals surface area contributed by atoms with E-state index in [2.05, 4.69) is 20.4 Å². The predicted octanol–water partition coefficient (Wildman–Crippen LogP) is 1.52. The molecule has 1 fully saturated rings. The molecule has 0 bridgehead atoms. The lowest BCUT2D eigenvalue weighted by Gasteiger charge is -2.19. The number of alkyl halides is 3. The van der Waals surface area contributed by atoms with Gasteiger partial charge in [0.25, 0.3) is 0 Å². The standard InChI is InChI=1S/C15H27F3N4O2/c1-3-19-14(20-8-5-4-6-13(23)24-2)21-12-7-9-22(10-12)11-15(16,17)18/h12H,3-11H2,1-2H3,(H2,19,20,21). The Balaban J connectivity index is 2.34. The fourth-order valence-electron chi connectivity index (χ4n) is 2.54. The number of aliphatic imine (C=N–C) groups is 1. The number of hydrogen-bond acceptors (Lipinski definition) is 4. The maximum atomic E-state index is 12.4. The topological polar surface area (TPSA) is 66.0 Å². The van der Waals surface area contributed by atoms with Gasteiger partial charge < -0.3 is 15.4 Å². The number of unbranched alkanes of at least 4 members (excludes halogenated alkanes) is 1. The molecule has 1 aliphatic heterocycles. The molecule has 6 nitrogen and oxygen atoms in total. The summed E-state index contributed by atoms with van der Waals surface area (Å²) in [7, 11) is 1.36. The summed E-state index contributed by atoms with van der Waals surface area (Å²) in [4.78, 5) is 16.8. The van der Waals surface area contributed by atoms with Crippen molar-refractivity contribution in [3.63, 3.8) is 0 Å². The zero-order chi connectivity index (χ0) is 18.0. The van der Waals surface area contributed by atoms with E-state index >= 15 is 0 Å². The summed E-state index contributed by atoms with van der Waals surface area (Å²) in [5.74, 6) is 0.370. The molecule has 0 radical (unpaired) electrons. The van der Waals surface area contributed by atoms with Crippen LogP contribution in [0.15, 0.2) is 4.99 Å². The second-order valence-electron chi connectivity index (χ2n) is 5.77. The summed E-state index contributed by atoms with van der Waals surface area (Å²) in [6, 6.07) is -0.0415. The number of halogens is 3. The van der Waals surface area contributed by atoms with E-state index < -0.39 is 12.7 Å². The van der Waals surface area contributed by atoms with Crippen LogP contribution in [0.3, 0.4) is 0 Å². The molecule has 1 atom stereocenters. The lowest BCUT2D eigenvalue weighted by atomic mass is 10.2. The van der Waals surface area contributed by atoms with Gasteiger partial charge in [-0.1, -0.05) is 0 Å². The number of rotatable bonds is 8. The van der Waals surface area contributed by atoms with Gasteiger partial charge in [-0.15, -0.1) is 0 Å². The minimum atomic E-state index is -4.16. The van der Waals surface area contributed by atoms with E-state index in [1.807, 2.05) is 6.92 Å². The second kappa shape index (κ2) is 10.4. The van der Waals surface area contributed by atoms with Gasteiger partial charge in [-0.3, -0.25) is 14.7 Å². The molecule has 140 valence electrons. The van der Waals surface area contributed by atoms with Gasteiger partial charge in [-0.05, 0) is 26.2 Å². The number of carbonyl (C=O) groups is 1. The number of esters is 1. The Morgan fingerprint density at radius 1 is 1.38 bits per heavy atom. The Labute approximate surface area is 140 Å². The molecule has 0 aromatic rings. The van der Waals surface area contributed by atoms with Crippen LogP contribution in [0, 0.1) is 0 Å². The molecule has 0 aromatic carbocycles. The molecule has 0 spiro atoms. The first kappa shape index (κ1) is 20.5. The third-order valence-corrected chi connectivity index (χ3v) is 3.65. The fourth-order valence-corrected chi connectivity index (χ4v) is 2.54. The molecular formula is C15H27F3N4O2. The smallest absolute Gasteiger partial charge is 0.401 e. The van der Waals surface area contributed by atoms with Crippen LogP contribution in [-0.2, 0) is 9.53 Å². The molecule has 0 aliphatic carbocycles. The highest BCUT2D eigenvalue weighted by atomic mass is 19.4. The second-order valence-corrected chi connectivity index (χ2v) is 5.77. The first-order valence-electron chi connectivity index (χ1n) is 8.24. The summed E-state index contributed by atoms with van der Waals surface area (Å²) >= 11 is 0. The first-order chi connectivity index (χ1) is 11.3. The molecule has 0 saturated carbocycles. The molecule has 1 saturated heterocycles. The molecule has 1 rings (SSSR count). The van der Waals surface area contributed by atoms with Gasteiger partial charge in [0.2, 0.25) is 0 Å². The Kier molecular flexibility index (Phi) is 8.88. The third kappa shape index (κ3) is 8.95. The van der Waals surface area contributed by atoms with Crippen LogP contribution in [0.1, 0.15) is 32.6 Å². The van der Waals surface area contributed by atoms with Crippen molar-refractivity contribution in [1.82, 2.24) is 15.5 Å². The average Bonchev–Trinajstić information content (AvgIpc) is 2.91. The van der Waals surface area contributed by atoms with E-state index in [1.165, 1.54) is 12.0 Å². The molecule has 0 amide bonds. The summed E-state index contributed by atoms with van der Waals surface area (Å²) in [5, 5.41) is 6.27. The number of guanidine groups is 1. The molecule has 1 heterocycles. The molecule has 1 aliphatic rings. The van der Waals surface area contributed by atoms with Crippen LogP contribution in [-0.4, -0.2) is 68.9 Å². The van der Waals surface area contributed by atoms with Crippen molar-refractivity contribution < 1.29 is 22.7 Å². The van der Waals surface area contributed by atoms with Gasteiger partial charge >= 0.3 is 12.1 Å². The number of methoxy groups -OCH3 is 1. The van der Waals surface area contributed by atoms with E-state index in [0.717, 1.165) is 6.42 Å². The van der Waals surface area contributed by atoms with Gasteiger partial charge in [-0.2, -0.15) is 13.2 Å². The summed E-state index contributed by atoms with van der Waals surface area (Å²) in [5.41, 5.74) is 0. The van der Waals surface area contributed by atoms with Crippen molar-refractivity contribution in [1.29, 1.82) is 0 Å². The maximum absolute atomic E-state index is 12.4. The zero-order valence-electron chi connectivity index (χ0n) is 14.3. The fraction of sp³-hybridized carbons (Fsp3) is 0.867. The Bertz CT molecular complexity index is 416. The summed E-state index contributed by atoms with van der Waals surface area (Å²) in [6.45, 7) is 3.06. The highest BCUT2D eigenvalue weighted by molar-refractivity contribution is 5.80. The Morgan fingerprint density at radius 2 is 2.12 bits per heavy atom. The molecule has 24 heavy (non-hydrogen) atoms. The third-order valence-electron chi connectivity index (χ3n) is 3.65. The van der Waals surface area contributed by atoms with Crippen LogP contribution >= 0.6 is 0 Å². The van der Waals surface area contributed by atoms with Crippen molar-refractivity contribution in [3.05, 3.63) is 0 Å². The number of nitrogens with one attached hydrogen (secondary N) is 2. The van der Waals surface area contributed by atoms with Crippen LogP contribution in [0.5, 0.6) is 0 Å². The van der Waals surface area contributed by atoms with Crippen molar-refractivity contribution in [3.8, 4) is 0 Å². The van der Waals surface area contributed by atoms with Gasteiger partial charge in [0.05, 0.1) is 13.7 Å². The molecule has 1 unspecified atom stereocenters.